The highest BCUT2D eigenvalue weighted by Gasteiger charge is 2.67. The van der Waals surface area contributed by atoms with Crippen molar-refractivity contribution in [1.82, 2.24) is 5.32 Å². The molecule has 2 aliphatic heterocycles. The number of hydrogen-bond acceptors (Lipinski definition) is 6. The first kappa shape index (κ1) is 24.5. The Labute approximate surface area is 204 Å². The molecule has 0 bridgehead atoms. The van der Waals surface area contributed by atoms with E-state index < -0.39 is 39.8 Å². The smallest absolute Gasteiger partial charge is 0.410 e. The number of rotatable bonds is 4. The predicted octanol–water partition coefficient (Wildman–Crippen LogP) is 4.18. The molecular formula is C21H16Cl2F3N3O4S. The molecule has 1 amide bonds. The van der Waals surface area contributed by atoms with E-state index in [9.17, 15) is 27.4 Å². The van der Waals surface area contributed by atoms with Crippen molar-refractivity contribution < 1.29 is 32.2 Å². The third-order valence-corrected chi connectivity index (χ3v) is 7.44. The Morgan fingerprint density at radius 1 is 1.24 bits per heavy atom. The topological polar surface area (TPSA) is 100 Å². The van der Waals surface area contributed by atoms with Gasteiger partial charge in [0.15, 0.2) is 5.71 Å². The first-order chi connectivity index (χ1) is 16.0. The second kappa shape index (κ2) is 8.86. The largest absolute Gasteiger partial charge is 0.441 e. The quantitative estimate of drug-likeness (QED) is 0.454. The van der Waals surface area contributed by atoms with E-state index in [0.717, 1.165) is 12.1 Å². The summed E-state index contributed by atoms with van der Waals surface area (Å²) in [6.07, 6.45) is -5.11. The molecule has 2 N–H and O–H groups in total. The van der Waals surface area contributed by atoms with Gasteiger partial charge in [-0.1, -0.05) is 39.6 Å². The molecule has 0 spiro atoms. The lowest BCUT2D eigenvalue weighted by molar-refractivity contribution is -0.250. The highest BCUT2D eigenvalue weighted by atomic mass is 35.5. The molecule has 2 aromatic carbocycles. The second-order valence-electron chi connectivity index (χ2n) is 7.79. The summed E-state index contributed by atoms with van der Waals surface area (Å²) in [7, 11) is -0.934. The zero-order chi connectivity index (χ0) is 24.8. The molecule has 180 valence electrons. The Morgan fingerprint density at radius 3 is 2.41 bits per heavy atom. The molecule has 0 radical (unpaired) electrons. The van der Waals surface area contributed by atoms with Crippen LogP contribution >= 0.6 is 23.2 Å². The standard InChI is InChI=1S/C21H16Cl2F3N3O4S/c1-10-4-11(2-3-16(10)19(30)27-15-8-34(32)9-15)17-18(28-31)20(33-29-17,21(24,25)26)12-5-13(22)7-14(23)6-12/h2-7,15,31H,8-9H2,1H3,(H,27,30)/b28-18+. The zero-order valence-corrected chi connectivity index (χ0v) is 19.6. The van der Waals surface area contributed by atoms with Crippen molar-refractivity contribution in [2.75, 3.05) is 11.5 Å². The Kier molecular flexibility index (Phi) is 6.38. The van der Waals surface area contributed by atoms with Crippen LogP contribution in [0.1, 0.15) is 27.0 Å². The molecule has 1 atom stereocenters. The lowest BCUT2D eigenvalue weighted by Gasteiger charge is -2.29. The van der Waals surface area contributed by atoms with Gasteiger partial charge in [-0.3, -0.25) is 9.00 Å². The van der Waals surface area contributed by atoms with Crippen molar-refractivity contribution in [3.63, 3.8) is 0 Å². The van der Waals surface area contributed by atoms with E-state index in [-0.39, 0.29) is 32.9 Å². The molecule has 4 rings (SSSR count). The number of hydrogen-bond donors (Lipinski definition) is 2. The number of nitrogens with one attached hydrogen (secondary N) is 1. The Bertz CT molecular complexity index is 1240. The van der Waals surface area contributed by atoms with E-state index in [4.69, 9.17) is 28.0 Å². The number of oxime groups is 2. The van der Waals surface area contributed by atoms with Crippen LogP contribution in [0.15, 0.2) is 46.7 Å². The van der Waals surface area contributed by atoms with Gasteiger partial charge in [0.25, 0.3) is 5.91 Å². The van der Waals surface area contributed by atoms with Crippen molar-refractivity contribution in [2.24, 2.45) is 10.3 Å². The summed E-state index contributed by atoms with van der Waals surface area (Å²) < 4.78 is 54.3. The van der Waals surface area contributed by atoms with E-state index in [1.165, 1.54) is 24.3 Å². The lowest BCUT2D eigenvalue weighted by atomic mass is 9.84. The third-order valence-electron chi connectivity index (χ3n) is 5.45. The Morgan fingerprint density at radius 2 is 1.88 bits per heavy atom. The van der Waals surface area contributed by atoms with E-state index in [1.807, 2.05) is 0 Å². The van der Waals surface area contributed by atoms with Crippen LogP contribution in [0.4, 0.5) is 13.2 Å². The molecule has 1 unspecified atom stereocenters. The van der Waals surface area contributed by atoms with Crippen LogP contribution in [0.5, 0.6) is 0 Å². The normalized spacial score (nSPS) is 25.5. The number of nitrogens with zero attached hydrogens (tertiary/aromatic N) is 2. The van der Waals surface area contributed by atoms with Crippen molar-refractivity contribution in [1.29, 1.82) is 0 Å². The molecule has 0 aromatic heterocycles. The van der Waals surface area contributed by atoms with E-state index >= 15 is 0 Å². The van der Waals surface area contributed by atoms with Gasteiger partial charge in [0.2, 0.25) is 0 Å². The molecule has 13 heteroatoms. The second-order valence-corrected chi connectivity index (χ2v) is 10.2. The van der Waals surface area contributed by atoms with Gasteiger partial charge in [-0.2, -0.15) is 13.2 Å². The van der Waals surface area contributed by atoms with Gasteiger partial charge in [-0.05, 0) is 42.8 Å². The fraction of sp³-hybridized carbons (Fsp3) is 0.286. The summed E-state index contributed by atoms with van der Waals surface area (Å²) in [4.78, 5) is 17.4. The minimum atomic E-state index is -5.11. The molecule has 0 saturated carbocycles. The predicted molar refractivity (Wildman–Crippen MR) is 121 cm³/mol. The van der Waals surface area contributed by atoms with E-state index in [1.54, 1.807) is 6.92 Å². The minimum absolute atomic E-state index is 0.0815. The maximum atomic E-state index is 14.4. The molecule has 1 fully saturated rings. The van der Waals surface area contributed by atoms with Crippen LogP contribution in [0.25, 0.3) is 0 Å². The van der Waals surface area contributed by atoms with Crippen LogP contribution in [0, 0.1) is 6.92 Å². The molecule has 0 aliphatic carbocycles. The summed E-state index contributed by atoms with van der Waals surface area (Å²) >= 11 is 11.8. The number of halogens is 5. The molecule has 2 heterocycles. The summed E-state index contributed by atoms with van der Waals surface area (Å²) in [5, 5.41) is 18.7. The summed E-state index contributed by atoms with van der Waals surface area (Å²) in [6, 6.07) is 7.26. The molecule has 2 aromatic rings. The fourth-order valence-electron chi connectivity index (χ4n) is 3.78. The maximum absolute atomic E-state index is 14.4. The van der Waals surface area contributed by atoms with Crippen LogP contribution in [0.3, 0.4) is 0 Å². The van der Waals surface area contributed by atoms with Gasteiger partial charge in [-0.25, -0.2) is 0 Å². The average molecular weight is 534 g/mol. The van der Waals surface area contributed by atoms with Crippen molar-refractivity contribution >= 4 is 51.3 Å². The molecule has 2 aliphatic rings. The molecule has 7 nitrogen and oxygen atoms in total. The number of carbonyl (C=O) groups excluding carboxylic acids is 1. The van der Waals surface area contributed by atoms with Gasteiger partial charge >= 0.3 is 11.8 Å². The highest BCUT2D eigenvalue weighted by molar-refractivity contribution is 7.86. The Hall–Kier alpha value is -2.63. The first-order valence-corrected chi connectivity index (χ1v) is 12.0. The zero-order valence-electron chi connectivity index (χ0n) is 17.3. The number of carbonyl (C=O) groups is 1. The number of aryl methyl sites for hydroxylation is 1. The molecule has 1 saturated heterocycles. The van der Waals surface area contributed by atoms with E-state index in [2.05, 4.69) is 15.6 Å². The molecular weight excluding hydrogens is 518 g/mol. The first-order valence-electron chi connectivity index (χ1n) is 9.75. The van der Waals surface area contributed by atoms with E-state index in [0.29, 0.717) is 17.1 Å². The van der Waals surface area contributed by atoms with Crippen LogP contribution in [-0.4, -0.2) is 50.5 Å². The monoisotopic (exact) mass is 533 g/mol. The van der Waals surface area contributed by atoms with Crippen molar-refractivity contribution in [2.45, 2.75) is 24.7 Å². The summed E-state index contributed by atoms with van der Waals surface area (Å²) in [5.74, 6) is 0.352. The van der Waals surface area contributed by atoms with Crippen molar-refractivity contribution in [3.05, 3.63) is 68.7 Å². The van der Waals surface area contributed by atoms with Crippen molar-refractivity contribution in [3.8, 4) is 0 Å². The number of amides is 1. The highest BCUT2D eigenvalue weighted by Crippen LogP contribution is 2.48. The summed E-state index contributed by atoms with van der Waals surface area (Å²) in [6.45, 7) is 1.59. The minimum Gasteiger partial charge on any atom is -0.410 e. The molecule has 34 heavy (non-hydrogen) atoms. The van der Waals surface area contributed by atoms with Gasteiger partial charge in [0, 0.05) is 49.0 Å². The lowest BCUT2D eigenvalue weighted by Crippen LogP contribution is -2.50. The van der Waals surface area contributed by atoms with Crippen LogP contribution in [-0.2, 0) is 21.2 Å². The fourth-order valence-corrected chi connectivity index (χ4v) is 5.28. The Balaban J connectivity index is 1.70. The third kappa shape index (κ3) is 4.16. The average Bonchev–Trinajstić information content (AvgIpc) is 3.12. The maximum Gasteiger partial charge on any atom is 0.441 e. The van der Waals surface area contributed by atoms with Gasteiger partial charge in [0.1, 0.15) is 5.71 Å². The summed E-state index contributed by atoms with van der Waals surface area (Å²) in [5.41, 5.74) is -4.21. The SMILES string of the molecule is Cc1cc(C2=NOC(c3cc(Cl)cc(Cl)c3)(C(F)(F)F)/C2=N/O)ccc1C(=O)NC1CS(=O)C1. The number of alkyl halides is 3. The van der Waals surface area contributed by atoms with Gasteiger partial charge in [0.05, 0.1) is 6.04 Å². The van der Waals surface area contributed by atoms with Crippen LogP contribution < -0.4 is 5.32 Å². The van der Waals surface area contributed by atoms with Crippen LogP contribution in [0.2, 0.25) is 10.0 Å². The van der Waals surface area contributed by atoms with Gasteiger partial charge < -0.3 is 15.4 Å². The number of benzene rings is 2. The van der Waals surface area contributed by atoms with Gasteiger partial charge in [-0.15, -0.1) is 0 Å².